The van der Waals surface area contributed by atoms with E-state index in [2.05, 4.69) is 20.5 Å². The standard InChI is InChI=1S/C13H17N5O2/c1-4-13(5-2,12(19)20)18-11(15-16-17-18)10-6-9(3)7-14-8-10/h6-8H,4-5H2,1-3H3,(H,19,20). The van der Waals surface area contributed by atoms with Crippen LogP contribution < -0.4 is 0 Å². The molecule has 0 fully saturated rings. The maximum atomic E-state index is 11.7. The van der Waals surface area contributed by atoms with Crippen LogP contribution in [0.15, 0.2) is 18.5 Å². The minimum Gasteiger partial charge on any atom is -0.479 e. The molecule has 0 aliphatic carbocycles. The van der Waals surface area contributed by atoms with Crippen LogP contribution in [-0.2, 0) is 10.3 Å². The van der Waals surface area contributed by atoms with Crippen LogP contribution in [-0.4, -0.2) is 36.3 Å². The lowest BCUT2D eigenvalue weighted by atomic mass is 9.93. The summed E-state index contributed by atoms with van der Waals surface area (Å²) in [6.45, 7) is 5.55. The molecule has 2 rings (SSSR count). The van der Waals surface area contributed by atoms with Gasteiger partial charge in [-0.25, -0.2) is 9.48 Å². The first kappa shape index (κ1) is 14.1. The lowest BCUT2D eigenvalue weighted by Crippen LogP contribution is -2.42. The number of aryl methyl sites for hydroxylation is 1. The van der Waals surface area contributed by atoms with Gasteiger partial charge in [0.1, 0.15) is 0 Å². The maximum Gasteiger partial charge on any atom is 0.331 e. The summed E-state index contributed by atoms with van der Waals surface area (Å²) >= 11 is 0. The predicted octanol–water partition coefficient (Wildman–Crippen LogP) is 1.64. The largest absolute Gasteiger partial charge is 0.479 e. The Morgan fingerprint density at radius 2 is 2.05 bits per heavy atom. The zero-order chi connectivity index (χ0) is 14.8. The summed E-state index contributed by atoms with van der Waals surface area (Å²) in [4.78, 5) is 15.8. The molecule has 2 heterocycles. The van der Waals surface area contributed by atoms with Crippen molar-refractivity contribution < 1.29 is 9.90 Å². The molecule has 7 heteroatoms. The van der Waals surface area contributed by atoms with Crippen LogP contribution in [0.2, 0.25) is 0 Å². The fourth-order valence-electron chi connectivity index (χ4n) is 2.28. The Morgan fingerprint density at radius 3 is 2.60 bits per heavy atom. The van der Waals surface area contributed by atoms with Crippen LogP contribution in [0.4, 0.5) is 0 Å². The normalized spacial score (nSPS) is 11.6. The molecule has 1 N–H and O–H groups in total. The number of carboxylic acid groups (broad SMARTS) is 1. The number of nitrogens with zero attached hydrogens (tertiary/aromatic N) is 5. The second-order valence-electron chi connectivity index (χ2n) is 4.71. The number of pyridine rings is 1. The van der Waals surface area contributed by atoms with Gasteiger partial charge in [-0.3, -0.25) is 4.98 Å². The van der Waals surface area contributed by atoms with E-state index in [0.717, 1.165) is 5.56 Å². The number of aromatic nitrogens is 5. The number of rotatable bonds is 5. The van der Waals surface area contributed by atoms with Gasteiger partial charge in [-0.15, -0.1) is 5.10 Å². The second-order valence-corrected chi connectivity index (χ2v) is 4.71. The quantitative estimate of drug-likeness (QED) is 0.891. The summed E-state index contributed by atoms with van der Waals surface area (Å²) in [7, 11) is 0. The van der Waals surface area contributed by atoms with E-state index in [1.807, 2.05) is 26.8 Å². The molecule has 0 atom stereocenters. The third-order valence-corrected chi connectivity index (χ3v) is 3.58. The highest BCUT2D eigenvalue weighted by Crippen LogP contribution is 2.29. The van der Waals surface area contributed by atoms with Gasteiger partial charge in [0.2, 0.25) is 0 Å². The second kappa shape index (κ2) is 5.36. The Morgan fingerprint density at radius 1 is 1.35 bits per heavy atom. The van der Waals surface area contributed by atoms with E-state index >= 15 is 0 Å². The third-order valence-electron chi connectivity index (χ3n) is 3.58. The SMILES string of the molecule is CCC(CC)(C(=O)O)n1nnnc1-c1cncc(C)c1. The lowest BCUT2D eigenvalue weighted by molar-refractivity contribution is -0.148. The van der Waals surface area contributed by atoms with E-state index in [9.17, 15) is 9.90 Å². The molecule has 2 aromatic rings. The van der Waals surface area contributed by atoms with Crippen LogP contribution in [0, 0.1) is 6.92 Å². The molecule has 0 radical (unpaired) electrons. The molecule has 0 bridgehead atoms. The maximum absolute atomic E-state index is 11.7. The minimum absolute atomic E-state index is 0.399. The van der Waals surface area contributed by atoms with Crippen LogP contribution in [0.5, 0.6) is 0 Å². The highest BCUT2D eigenvalue weighted by molar-refractivity contribution is 5.77. The first-order valence-corrected chi connectivity index (χ1v) is 6.49. The molecule has 0 spiro atoms. The molecule has 7 nitrogen and oxygen atoms in total. The smallest absolute Gasteiger partial charge is 0.331 e. The number of tetrazole rings is 1. The molecule has 106 valence electrons. The summed E-state index contributed by atoms with van der Waals surface area (Å²) in [5.74, 6) is -0.510. The summed E-state index contributed by atoms with van der Waals surface area (Å²) in [6.07, 6.45) is 4.15. The van der Waals surface area contributed by atoms with Gasteiger partial charge < -0.3 is 5.11 Å². The molecule has 2 aromatic heterocycles. The van der Waals surface area contributed by atoms with E-state index in [1.54, 1.807) is 12.4 Å². The van der Waals surface area contributed by atoms with Crippen LogP contribution in [0.25, 0.3) is 11.4 Å². The van der Waals surface area contributed by atoms with Crippen molar-refractivity contribution in [2.45, 2.75) is 39.2 Å². The molecule has 0 aliphatic rings. The molecular formula is C13H17N5O2. The van der Waals surface area contributed by atoms with Crippen molar-refractivity contribution in [1.82, 2.24) is 25.2 Å². The highest BCUT2D eigenvalue weighted by atomic mass is 16.4. The number of aliphatic carboxylic acids is 1. The van der Waals surface area contributed by atoms with Crippen LogP contribution in [0.3, 0.4) is 0 Å². The summed E-state index contributed by atoms with van der Waals surface area (Å²) < 4.78 is 1.39. The molecule has 0 aromatic carbocycles. The van der Waals surface area contributed by atoms with Gasteiger partial charge >= 0.3 is 5.97 Å². The Balaban J connectivity index is 2.60. The van der Waals surface area contributed by atoms with Gasteiger partial charge in [0.05, 0.1) is 0 Å². The number of carbonyl (C=O) groups is 1. The van der Waals surface area contributed by atoms with E-state index < -0.39 is 11.5 Å². The van der Waals surface area contributed by atoms with Gasteiger partial charge in [0, 0.05) is 18.0 Å². The van der Waals surface area contributed by atoms with E-state index in [-0.39, 0.29) is 0 Å². The van der Waals surface area contributed by atoms with Crippen LogP contribution in [0.1, 0.15) is 32.3 Å². The molecular weight excluding hydrogens is 258 g/mol. The van der Waals surface area contributed by atoms with Gasteiger partial charge in [0.15, 0.2) is 11.4 Å². The molecule has 20 heavy (non-hydrogen) atoms. The van der Waals surface area contributed by atoms with Gasteiger partial charge in [-0.05, 0) is 41.8 Å². The minimum atomic E-state index is -1.14. The molecule has 0 unspecified atom stereocenters. The third kappa shape index (κ3) is 2.15. The van der Waals surface area contributed by atoms with Crippen LogP contribution >= 0.6 is 0 Å². The number of hydrogen-bond acceptors (Lipinski definition) is 5. The van der Waals surface area contributed by atoms with Gasteiger partial charge in [-0.2, -0.15) is 0 Å². The molecule has 0 saturated carbocycles. The molecule has 0 aliphatic heterocycles. The Hall–Kier alpha value is -2.31. The Kier molecular flexibility index (Phi) is 3.78. The van der Waals surface area contributed by atoms with Crippen molar-refractivity contribution in [3.05, 3.63) is 24.0 Å². The van der Waals surface area contributed by atoms with Gasteiger partial charge in [0.25, 0.3) is 0 Å². The molecule has 0 amide bonds. The van der Waals surface area contributed by atoms with E-state index in [1.165, 1.54) is 4.68 Å². The first-order chi connectivity index (χ1) is 9.55. The predicted molar refractivity (Wildman–Crippen MR) is 72.0 cm³/mol. The molecule has 0 saturated heterocycles. The van der Waals surface area contributed by atoms with E-state index in [0.29, 0.717) is 24.2 Å². The summed E-state index contributed by atoms with van der Waals surface area (Å²) in [5, 5.41) is 21.1. The van der Waals surface area contributed by atoms with Crippen molar-refractivity contribution in [2.24, 2.45) is 0 Å². The number of carboxylic acids is 1. The summed E-state index contributed by atoms with van der Waals surface area (Å²) in [5.41, 5.74) is 0.538. The Bertz CT molecular complexity index is 619. The fraction of sp³-hybridized carbons (Fsp3) is 0.462. The van der Waals surface area contributed by atoms with Crippen molar-refractivity contribution in [2.75, 3.05) is 0 Å². The Labute approximate surface area is 116 Å². The zero-order valence-electron chi connectivity index (χ0n) is 11.7. The van der Waals surface area contributed by atoms with Crippen molar-refractivity contribution in [3.8, 4) is 11.4 Å². The fourth-order valence-corrected chi connectivity index (χ4v) is 2.28. The average Bonchev–Trinajstić information content (AvgIpc) is 2.90. The van der Waals surface area contributed by atoms with Crippen molar-refractivity contribution in [1.29, 1.82) is 0 Å². The topological polar surface area (TPSA) is 93.8 Å². The van der Waals surface area contributed by atoms with Crippen molar-refractivity contribution >= 4 is 5.97 Å². The zero-order valence-corrected chi connectivity index (χ0v) is 11.7. The lowest BCUT2D eigenvalue weighted by Gasteiger charge is -2.27. The first-order valence-electron chi connectivity index (χ1n) is 6.49. The van der Waals surface area contributed by atoms with Crippen molar-refractivity contribution in [3.63, 3.8) is 0 Å². The highest BCUT2D eigenvalue weighted by Gasteiger charge is 2.40. The van der Waals surface area contributed by atoms with Gasteiger partial charge in [-0.1, -0.05) is 13.8 Å². The number of hydrogen-bond donors (Lipinski definition) is 1. The monoisotopic (exact) mass is 275 g/mol. The van der Waals surface area contributed by atoms with E-state index in [4.69, 9.17) is 0 Å². The summed E-state index contributed by atoms with van der Waals surface area (Å²) in [6, 6.07) is 1.88. The average molecular weight is 275 g/mol.